The van der Waals surface area contributed by atoms with Gasteiger partial charge in [-0.05, 0) is 49.4 Å². The zero-order valence-electron chi connectivity index (χ0n) is 15.7. The predicted octanol–water partition coefficient (Wildman–Crippen LogP) is 3.01. The maximum Gasteiger partial charge on any atom is 0.338 e. The van der Waals surface area contributed by atoms with E-state index in [0.717, 1.165) is 6.42 Å². The molecule has 0 radical (unpaired) electrons. The van der Waals surface area contributed by atoms with Gasteiger partial charge >= 0.3 is 5.97 Å². The fraction of sp³-hybridized carbons (Fsp3) is 0.474. The number of hydrogen-bond acceptors (Lipinski definition) is 6. The van der Waals surface area contributed by atoms with Crippen molar-refractivity contribution in [2.45, 2.75) is 38.7 Å². The Morgan fingerprint density at radius 1 is 1.22 bits per heavy atom. The molecular formula is C19H24N2O5S. The number of benzene rings is 1. The Morgan fingerprint density at radius 2 is 1.85 bits per heavy atom. The van der Waals surface area contributed by atoms with Crippen LogP contribution in [0, 0.1) is 18.8 Å². The number of esters is 1. The SMILES string of the molecule is Cc1cc(COC(=O)c2ccc(S(=O)(=O)N3CC(C)CC(C)C3)cc2)no1. The molecular weight excluding hydrogens is 368 g/mol. The maximum atomic E-state index is 12.9. The molecule has 1 fully saturated rings. The van der Waals surface area contributed by atoms with Gasteiger partial charge in [0.05, 0.1) is 10.5 Å². The van der Waals surface area contributed by atoms with Crippen LogP contribution in [0.2, 0.25) is 0 Å². The monoisotopic (exact) mass is 392 g/mol. The number of rotatable bonds is 5. The highest BCUT2D eigenvalue weighted by Gasteiger charge is 2.31. The van der Waals surface area contributed by atoms with E-state index < -0.39 is 16.0 Å². The zero-order valence-corrected chi connectivity index (χ0v) is 16.5. The van der Waals surface area contributed by atoms with Crippen molar-refractivity contribution in [1.82, 2.24) is 9.46 Å². The molecule has 146 valence electrons. The third kappa shape index (κ3) is 4.56. The van der Waals surface area contributed by atoms with Gasteiger partial charge < -0.3 is 9.26 Å². The van der Waals surface area contributed by atoms with Crippen molar-refractivity contribution in [2.24, 2.45) is 11.8 Å². The van der Waals surface area contributed by atoms with Crippen LogP contribution in [0.4, 0.5) is 0 Å². The second-order valence-corrected chi connectivity index (χ2v) is 9.24. The first kappa shape index (κ1) is 19.6. The Bertz CT molecular complexity index is 894. The highest BCUT2D eigenvalue weighted by molar-refractivity contribution is 7.89. The molecule has 0 amide bonds. The first-order valence-corrected chi connectivity index (χ1v) is 10.4. The largest absolute Gasteiger partial charge is 0.455 e. The van der Waals surface area contributed by atoms with Crippen LogP contribution in [-0.2, 0) is 21.4 Å². The van der Waals surface area contributed by atoms with Crippen LogP contribution in [0.25, 0.3) is 0 Å². The second-order valence-electron chi connectivity index (χ2n) is 7.30. The summed E-state index contributed by atoms with van der Waals surface area (Å²) in [7, 11) is -3.56. The second kappa shape index (κ2) is 7.82. The minimum absolute atomic E-state index is 0.000220. The van der Waals surface area contributed by atoms with Crippen molar-refractivity contribution in [3.8, 4) is 0 Å². The number of carbonyl (C=O) groups excluding carboxylic acids is 1. The van der Waals surface area contributed by atoms with Crippen LogP contribution in [0.5, 0.6) is 0 Å². The Morgan fingerprint density at radius 3 is 2.41 bits per heavy atom. The van der Waals surface area contributed by atoms with E-state index >= 15 is 0 Å². The minimum Gasteiger partial charge on any atom is -0.455 e. The molecule has 0 N–H and O–H groups in total. The molecule has 0 spiro atoms. The van der Waals surface area contributed by atoms with E-state index in [9.17, 15) is 13.2 Å². The molecule has 1 aliphatic rings. The molecule has 0 bridgehead atoms. The normalized spacial score (nSPS) is 21.1. The number of sulfonamides is 1. The van der Waals surface area contributed by atoms with E-state index in [1.807, 2.05) is 0 Å². The lowest BCUT2D eigenvalue weighted by molar-refractivity contribution is 0.0464. The highest BCUT2D eigenvalue weighted by Crippen LogP contribution is 2.26. The quantitative estimate of drug-likeness (QED) is 0.727. The van der Waals surface area contributed by atoms with Gasteiger partial charge in [0.1, 0.15) is 18.1 Å². The molecule has 3 rings (SSSR count). The van der Waals surface area contributed by atoms with Crippen molar-refractivity contribution in [1.29, 1.82) is 0 Å². The zero-order chi connectivity index (χ0) is 19.6. The molecule has 2 unspecified atom stereocenters. The summed E-state index contributed by atoms with van der Waals surface area (Å²) in [5, 5.41) is 3.75. The number of ether oxygens (including phenoxy) is 1. The van der Waals surface area contributed by atoms with E-state index in [0.29, 0.717) is 36.4 Å². The van der Waals surface area contributed by atoms with Crippen molar-refractivity contribution in [3.05, 3.63) is 47.3 Å². The van der Waals surface area contributed by atoms with Gasteiger partial charge in [-0.2, -0.15) is 4.31 Å². The van der Waals surface area contributed by atoms with Crippen LogP contribution < -0.4 is 0 Å². The van der Waals surface area contributed by atoms with E-state index in [2.05, 4.69) is 19.0 Å². The first-order chi connectivity index (χ1) is 12.8. The third-order valence-corrected chi connectivity index (χ3v) is 6.44. The van der Waals surface area contributed by atoms with Crippen molar-refractivity contribution < 1.29 is 22.5 Å². The van der Waals surface area contributed by atoms with Gasteiger partial charge in [-0.15, -0.1) is 0 Å². The van der Waals surface area contributed by atoms with Gasteiger partial charge in [-0.3, -0.25) is 0 Å². The summed E-state index contributed by atoms with van der Waals surface area (Å²) in [5.41, 5.74) is 0.808. The average molecular weight is 392 g/mol. The van der Waals surface area contributed by atoms with Crippen LogP contribution in [0.1, 0.15) is 42.1 Å². The summed E-state index contributed by atoms with van der Waals surface area (Å²) in [5.74, 6) is 0.757. The standard InChI is InChI=1S/C19H24N2O5S/c1-13-8-14(2)11-21(10-13)27(23,24)18-6-4-16(5-7-18)19(22)25-12-17-9-15(3)26-20-17/h4-7,9,13-14H,8,10-12H2,1-3H3. The molecule has 1 aromatic heterocycles. The third-order valence-electron chi connectivity index (χ3n) is 4.59. The summed E-state index contributed by atoms with van der Waals surface area (Å²) in [6, 6.07) is 7.54. The summed E-state index contributed by atoms with van der Waals surface area (Å²) >= 11 is 0. The molecule has 7 nitrogen and oxygen atoms in total. The minimum atomic E-state index is -3.56. The summed E-state index contributed by atoms with van der Waals surface area (Å²) in [6.07, 6.45) is 1.03. The predicted molar refractivity (Wildman–Crippen MR) is 98.5 cm³/mol. The smallest absolute Gasteiger partial charge is 0.338 e. The maximum absolute atomic E-state index is 12.9. The van der Waals surface area contributed by atoms with Gasteiger partial charge in [0.25, 0.3) is 0 Å². The molecule has 0 saturated carbocycles. The van der Waals surface area contributed by atoms with Crippen molar-refractivity contribution in [3.63, 3.8) is 0 Å². The van der Waals surface area contributed by atoms with Crippen molar-refractivity contribution in [2.75, 3.05) is 13.1 Å². The summed E-state index contributed by atoms with van der Waals surface area (Å²) in [6.45, 7) is 6.92. The molecule has 2 aromatic rings. The van der Waals surface area contributed by atoms with Gasteiger partial charge in [0.2, 0.25) is 10.0 Å². The van der Waals surface area contributed by atoms with E-state index in [1.54, 1.807) is 13.0 Å². The van der Waals surface area contributed by atoms with Crippen LogP contribution in [0.15, 0.2) is 39.8 Å². The van der Waals surface area contributed by atoms with Crippen LogP contribution in [-0.4, -0.2) is 36.9 Å². The van der Waals surface area contributed by atoms with Gasteiger partial charge in [-0.25, -0.2) is 13.2 Å². The van der Waals surface area contributed by atoms with Gasteiger partial charge in [0.15, 0.2) is 0 Å². The summed E-state index contributed by atoms with van der Waals surface area (Å²) < 4.78 is 37.4. The van der Waals surface area contributed by atoms with Gasteiger partial charge in [0, 0.05) is 19.2 Å². The van der Waals surface area contributed by atoms with Gasteiger partial charge in [-0.1, -0.05) is 19.0 Å². The number of aryl methyl sites for hydroxylation is 1. The van der Waals surface area contributed by atoms with E-state index in [-0.39, 0.29) is 17.1 Å². The Labute approximate surface area is 159 Å². The first-order valence-electron chi connectivity index (χ1n) is 8.95. The topological polar surface area (TPSA) is 89.7 Å². The van der Waals surface area contributed by atoms with E-state index in [4.69, 9.17) is 9.26 Å². The average Bonchev–Trinajstić information content (AvgIpc) is 3.04. The number of piperidine rings is 1. The number of aromatic nitrogens is 1. The number of carbonyl (C=O) groups is 1. The molecule has 8 heteroatoms. The van der Waals surface area contributed by atoms with Crippen LogP contribution >= 0.6 is 0 Å². The fourth-order valence-electron chi connectivity index (χ4n) is 3.42. The molecule has 0 aliphatic carbocycles. The molecule has 27 heavy (non-hydrogen) atoms. The molecule has 2 atom stereocenters. The number of nitrogens with zero attached hydrogens (tertiary/aromatic N) is 2. The molecule has 1 aromatic carbocycles. The van der Waals surface area contributed by atoms with Crippen molar-refractivity contribution >= 4 is 16.0 Å². The lowest BCUT2D eigenvalue weighted by atomic mass is 9.94. The molecule has 1 saturated heterocycles. The Balaban J connectivity index is 1.67. The molecule has 2 heterocycles. The van der Waals surface area contributed by atoms with Crippen LogP contribution in [0.3, 0.4) is 0 Å². The Hall–Kier alpha value is -2.19. The lowest BCUT2D eigenvalue weighted by Gasteiger charge is -2.34. The summed E-state index contributed by atoms with van der Waals surface area (Å²) in [4.78, 5) is 12.3. The van der Waals surface area contributed by atoms with E-state index in [1.165, 1.54) is 28.6 Å². The number of hydrogen-bond donors (Lipinski definition) is 0. The fourth-order valence-corrected chi connectivity index (χ4v) is 5.10. The highest BCUT2D eigenvalue weighted by atomic mass is 32.2. The molecule has 1 aliphatic heterocycles. The Kier molecular flexibility index (Phi) is 5.67. The lowest BCUT2D eigenvalue weighted by Crippen LogP contribution is -2.42.